The van der Waals surface area contributed by atoms with Gasteiger partial charge in [-0.25, -0.2) is 0 Å². The van der Waals surface area contributed by atoms with E-state index in [-0.39, 0.29) is 18.1 Å². The maximum absolute atomic E-state index is 10.6. The molecule has 1 fully saturated rings. The van der Waals surface area contributed by atoms with Gasteiger partial charge in [-0.1, -0.05) is 0 Å². The van der Waals surface area contributed by atoms with Crippen molar-refractivity contribution in [2.75, 3.05) is 18.1 Å². The summed E-state index contributed by atoms with van der Waals surface area (Å²) in [5, 5.41) is 10.6. The molecule has 2 aromatic carbocycles. The molecule has 1 atom stereocenters. The van der Waals surface area contributed by atoms with Gasteiger partial charge < -0.3 is 4.89 Å². The third-order valence-electron chi connectivity index (χ3n) is 5.05. The molecular formula is C23H30IO7-. The van der Waals surface area contributed by atoms with E-state index < -0.39 is 21.6 Å². The van der Waals surface area contributed by atoms with E-state index >= 15 is 0 Å². The zero-order chi connectivity index (χ0) is 21.9. The number of aliphatic hydroxyl groups is 1. The molecule has 0 saturated heterocycles. The molecule has 0 heterocycles. The van der Waals surface area contributed by atoms with Gasteiger partial charge in [0, 0.05) is 0 Å². The SMILES string of the molecule is CCOc1ccc(O[I-]CC(O)C2CCC(OOc3ccc(OOC)cc3)CC2)cc1. The topological polar surface area (TPSA) is 75.6 Å². The summed E-state index contributed by atoms with van der Waals surface area (Å²) >= 11 is -0.560. The second kappa shape index (κ2) is 12.9. The Kier molecular flexibility index (Phi) is 9.98. The number of hydrogen-bond donors (Lipinski definition) is 1. The molecule has 1 unspecified atom stereocenters. The van der Waals surface area contributed by atoms with E-state index in [1.165, 1.54) is 7.11 Å². The molecule has 31 heavy (non-hydrogen) atoms. The first kappa shape index (κ1) is 23.9. The van der Waals surface area contributed by atoms with Crippen molar-refractivity contribution in [1.82, 2.24) is 0 Å². The minimum atomic E-state index is -0.560. The molecule has 0 spiro atoms. The van der Waals surface area contributed by atoms with Crippen LogP contribution in [0.25, 0.3) is 0 Å². The second-order valence-corrected chi connectivity index (χ2v) is 9.19. The fourth-order valence-electron chi connectivity index (χ4n) is 3.38. The fourth-order valence-corrected chi connectivity index (χ4v) is 5.30. The van der Waals surface area contributed by atoms with Crippen LogP contribution in [0.2, 0.25) is 0 Å². The van der Waals surface area contributed by atoms with Crippen LogP contribution in [-0.2, 0) is 9.78 Å². The standard InChI is InChI=1S/C23H30IO7/c1-3-27-18-8-10-19(11-9-18)28-24-16-23(25)17-4-6-21(7-5-17)30-31-22-14-12-20(13-15-22)29-26-2/h8-15,17,21,23,25H,3-7,16H2,1-2H3/q-1. The Morgan fingerprint density at radius 1 is 0.871 bits per heavy atom. The average molecular weight is 545 g/mol. The number of halogens is 1. The first-order valence-electron chi connectivity index (χ1n) is 10.5. The molecule has 172 valence electrons. The van der Waals surface area contributed by atoms with Crippen LogP contribution in [0.5, 0.6) is 23.0 Å². The van der Waals surface area contributed by atoms with Crippen LogP contribution in [0.4, 0.5) is 0 Å². The molecule has 0 amide bonds. The van der Waals surface area contributed by atoms with Gasteiger partial charge in [-0.15, -0.1) is 0 Å². The fraction of sp³-hybridized carbons (Fsp3) is 0.478. The molecule has 1 N–H and O–H groups in total. The van der Waals surface area contributed by atoms with Gasteiger partial charge in [0.05, 0.1) is 7.11 Å². The van der Waals surface area contributed by atoms with Gasteiger partial charge in [0.15, 0.2) is 0 Å². The van der Waals surface area contributed by atoms with Crippen LogP contribution in [0.1, 0.15) is 32.6 Å². The van der Waals surface area contributed by atoms with Crippen molar-refractivity contribution in [3.63, 3.8) is 0 Å². The van der Waals surface area contributed by atoms with Crippen molar-refractivity contribution >= 4 is 0 Å². The van der Waals surface area contributed by atoms with Gasteiger partial charge in [0.2, 0.25) is 0 Å². The number of aliphatic hydroxyl groups excluding tert-OH is 1. The Morgan fingerprint density at radius 2 is 1.45 bits per heavy atom. The van der Waals surface area contributed by atoms with Crippen molar-refractivity contribution in [1.29, 1.82) is 0 Å². The Balaban J connectivity index is 1.31. The van der Waals surface area contributed by atoms with Crippen LogP contribution in [0.15, 0.2) is 48.5 Å². The summed E-state index contributed by atoms with van der Waals surface area (Å²) in [7, 11) is 1.46. The number of alkyl halides is 1. The number of ether oxygens (including phenoxy) is 1. The zero-order valence-corrected chi connectivity index (χ0v) is 20.0. The van der Waals surface area contributed by atoms with Crippen LogP contribution in [0.3, 0.4) is 0 Å². The molecule has 7 nitrogen and oxygen atoms in total. The van der Waals surface area contributed by atoms with Crippen LogP contribution >= 0.6 is 0 Å². The Hall–Kier alpha value is -1.75. The molecule has 0 aromatic heterocycles. The quantitative estimate of drug-likeness (QED) is 0.187. The summed E-state index contributed by atoms with van der Waals surface area (Å²) in [4.78, 5) is 20.5. The molecule has 0 bridgehead atoms. The molecule has 0 radical (unpaired) electrons. The summed E-state index contributed by atoms with van der Waals surface area (Å²) in [6.45, 7) is 2.61. The van der Waals surface area contributed by atoms with Crippen molar-refractivity contribution in [3.8, 4) is 23.0 Å². The second-order valence-electron chi connectivity index (χ2n) is 7.25. The first-order chi connectivity index (χ1) is 15.2. The summed E-state index contributed by atoms with van der Waals surface area (Å²) < 4.78 is 12.0. The van der Waals surface area contributed by atoms with Crippen LogP contribution < -0.4 is 39.2 Å². The maximum atomic E-state index is 10.6. The van der Waals surface area contributed by atoms with Gasteiger partial charge in [0.1, 0.15) is 0 Å². The van der Waals surface area contributed by atoms with Crippen molar-refractivity contribution in [3.05, 3.63) is 48.5 Å². The molecule has 3 rings (SSSR count). The third kappa shape index (κ3) is 8.03. The Labute approximate surface area is 194 Å². The summed E-state index contributed by atoms with van der Waals surface area (Å²) in [5.41, 5.74) is 0. The predicted octanol–water partition coefficient (Wildman–Crippen LogP) is 1.34. The molecule has 0 aliphatic heterocycles. The molecule has 8 heteroatoms. The molecule has 1 aliphatic carbocycles. The summed E-state index contributed by atoms with van der Waals surface area (Å²) in [5.74, 6) is 3.17. The van der Waals surface area contributed by atoms with Gasteiger partial charge in [-0.2, -0.15) is 4.89 Å². The van der Waals surface area contributed by atoms with Gasteiger partial charge in [-0.05, 0) is 0 Å². The van der Waals surface area contributed by atoms with E-state index in [9.17, 15) is 5.11 Å². The van der Waals surface area contributed by atoms with Crippen molar-refractivity contribution in [2.45, 2.75) is 44.8 Å². The van der Waals surface area contributed by atoms with Crippen molar-refractivity contribution in [2.24, 2.45) is 5.92 Å². The monoisotopic (exact) mass is 545 g/mol. The van der Waals surface area contributed by atoms with E-state index in [4.69, 9.17) is 22.5 Å². The predicted molar refractivity (Wildman–Crippen MR) is 111 cm³/mol. The minimum absolute atomic E-state index is 0.0353. The molecular weight excluding hydrogens is 515 g/mol. The van der Waals surface area contributed by atoms with E-state index in [2.05, 4.69) is 4.89 Å². The van der Waals surface area contributed by atoms with Gasteiger partial charge in [0.25, 0.3) is 0 Å². The van der Waals surface area contributed by atoms with Crippen molar-refractivity contribution < 1.29 is 54.1 Å². The zero-order valence-electron chi connectivity index (χ0n) is 17.9. The first-order valence-corrected chi connectivity index (χ1v) is 12.9. The van der Waals surface area contributed by atoms with Crippen LogP contribution in [0, 0.1) is 5.92 Å². The van der Waals surface area contributed by atoms with E-state index in [1.54, 1.807) is 24.3 Å². The number of hydrogen-bond acceptors (Lipinski definition) is 7. The van der Waals surface area contributed by atoms with Crippen LogP contribution in [-0.4, -0.2) is 35.5 Å². The molecule has 1 saturated carbocycles. The number of benzene rings is 2. The average Bonchev–Trinajstić information content (AvgIpc) is 2.80. The van der Waals surface area contributed by atoms with E-state index in [1.807, 2.05) is 31.2 Å². The Bertz CT molecular complexity index is 746. The number of rotatable bonds is 12. The Morgan fingerprint density at radius 3 is 2.06 bits per heavy atom. The summed E-state index contributed by atoms with van der Waals surface area (Å²) in [6, 6.07) is 14.7. The molecule has 2 aromatic rings. The summed E-state index contributed by atoms with van der Waals surface area (Å²) in [6.07, 6.45) is 3.28. The molecule has 1 aliphatic rings. The van der Waals surface area contributed by atoms with E-state index in [0.29, 0.717) is 22.5 Å². The van der Waals surface area contributed by atoms with Gasteiger partial charge in [-0.3, -0.25) is 0 Å². The van der Waals surface area contributed by atoms with Gasteiger partial charge >= 0.3 is 178 Å². The van der Waals surface area contributed by atoms with E-state index in [0.717, 1.165) is 37.2 Å². The normalized spacial score (nSPS) is 19.6. The third-order valence-corrected chi connectivity index (χ3v) is 7.13.